The van der Waals surface area contributed by atoms with Crippen molar-refractivity contribution < 1.29 is 9.53 Å². The van der Waals surface area contributed by atoms with Gasteiger partial charge in [0.1, 0.15) is 0 Å². The first-order valence-electron chi connectivity index (χ1n) is 5.64. The second kappa shape index (κ2) is 4.66. The highest BCUT2D eigenvalue weighted by atomic mass is 16.5. The average molecular weight is 219 g/mol. The third-order valence-corrected chi connectivity index (χ3v) is 3.13. The quantitative estimate of drug-likeness (QED) is 0.775. The zero-order chi connectivity index (χ0) is 11.5. The van der Waals surface area contributed by atoms with Crippen LogP contribution in [0.3, 0.4) is 0 Å². The van der Waals surface area contributed by atoms with Gasteiger partial charge in [0.25, 0.3) is 0 Å². The summed E-state index contributed by atoms with van der Waals surface area (Å²) in [6.07, 6.45) is 2.40. The van der Waals surface area contributed by atoms with Gasteiger partial charge in [0.2, 0.25) is 0 Å². The highest BCUT2D eigenvalue weighted by Gasteiger charge is 2.18. The van der Waals surface area contributed by atoms with Crippen LogP contribution in [0.1, 0.15) is 40.4 Å². The molecule has 0 radical (unpaired) electrons. The summed E-state index contributed by atoms with van der Waals surface area (Å²) < 4.78 is 4.70. The third-order valence-electron chi connectivity index (χ3n) is 3.13. The van der Waals surface area contributed by atoms with E-state index in [1.165, 1.54) is 25.5 Å². The molecule has 1 N–H and O–H groups in total. The van der Waals surface area contributed by atoms with Crippen molar-refractivity contribution in [3.63, 3.8) is 0 Å². The molecule has 86 valence electrons. The molecule has 1 atom stereocenters. The fourth-order valence-corrected chi connectivity index (χ4v) is 2.26. The lowest BCUT2D eigenvalue weighted by Gasteiger charge is -2.14. The maximum Gasteiger partial charge on any atom is 0.337 e. The molecule has 0 saturated carbocycles. The van der Waals surface area contributed by atoms with Gasteiger partial charge in [-0.15, -0.1) is 0 Å². The lowest BCUT2D eigenvalue weighted by atomic mass is 9.98. The Morgan fingerprint density at radius 3 is 2.88 bits per heavy atom. The largest absolute Gasteiger partial charge is 0.465 e. The van der Waals surface area contributed by atoms with Crippen LogP contribution >= 0.6 is 0 Å². The van der Waals surface area contributed by atoms with Crippen LogP contribution in [0.25, 0.3) is 0 Å². The van der Waals surface area contributed by atoms with Crippen molar-refractivity contribution in [3.05, 3.63) is 34.9 Å². The molecular weight excluding hydrogens is 202 g/mol. The Kier molecular flexibility index (Phi) is 3.25. The number of nitrogens with one attached hydrogen (secondary N) is 1. The number of ether oxygens (including phenoxy) is 1. The van der Waals surface area contributed by atoms with Crippen LogP contribution in [-0.2, 0) is 4.74 Å². The van der Waals surface area contributed by atoms with Gasteiger partial charge in [0, 0.05) is 6.04 Å². The van der Waals surface area contributed by atoms with Crippen molar-refractivity contribution in [2.45, 2.75) is 25.8 Å². The van der Waals surface area contributed by atoms with E-state index in [1.807, 2.05) is 25.1 Å². The topological polar surface area (TPSA) is 38.3 Å². The Labute approximate surface area is 95.8 Å². The van der Waals surface area contributed by atoms with Gasteiger partial charge < -0.3 is 10.1 Å². The molecule has 0 bridgehead atoms. The molecule has 1 aromatic carbocycles. The minimum Gasteiger partial charge on any atom is -0.465 e. The number of methoxy groups -OCH3 is 1. The summed E-state index contributed by atoms with van der Waals surface area (Å²) in [6, 6.07) is 6.23. The predicted octanol–water partition coefficient (Wildman–Crippen LogP) is 2.21. The summed E-state index contributed by atoms with van der Waals surface area (Å²) in [4.78, 5) is 11.4. The summed E-state index contributed by atoms with van der Waals surface area (Å²) in [5.74, 6) is -0.269. The molecule has 1 aliphatic rings. The minimum absolute atomic E-state index is 0.269. The summed E-state index contributed by atoms with van der Waals surface area (Å²) in [6.45, 7) is 3.13. The minimum atomic E-state index is -0.269. The Hall–Kier alpha value is -1.35. The van der Waals surface area contributed by atoms with Gasteiger partial charge in [0.15, 0.2) is 0 Å². The van der Waals surface area contributed by atoms with E-state index in [-0.39, 0.29) is 5.97 Å². The van der Waals surface area contributed by atoms with Crippen LogP contribution in [0.4, 0.5) is 0 Å². The van der Waals surface area contributed by atoms with E-state index in [0.29, 0.717) is 11.6 Å². The second-order valence-corrected chi connectivity index (χ2v) is 4.21. The van der Waals surface area contributed by atoms with Crippen molar-refractivity contribution in [2.24, 2.45) is 0 Å². The van der Waals surface area contributed by atoms with E-state index >= 15 is 0 Å². The van der Waals surface area contributed by atoms with Gasteiger partial charge in [-0.2, -0.15) is 0 Å². The number of carbonyl (C=O) groups is 1. The average Bonchev–Trinajstić information content (AvgIpc) is 2.81. The first-order valence-corrected chi connectivity index (χ1v) is 5.64. The van der Waals surface area contributed by atoms with Gasteiger partial charge in [-0.25, -0.2) is 4.79 Å². The summed E-state index contributed by atoms with van der Waals surface area (Å²) >= 11 is 0. The number of aryl methyl sites for hydroxylation is 1. The van der Waals surface area contributed by atoms with Crippen LogP contribution < -0.4 is 5.32 Å². The molecule has 0 unspecified atom stereocenters. The zero-order valence-electron chi connectivity index (χ0n) is 9.75. The summed E-state index contributed by atoms with van der Waals surface area (Å²) in [7, 11) is 1.41. The lowest BCUT2D eigenvalue weighted by Crippen LogP contribution is -2.14. The zero-order valence-corrected chi connectivity index (χ0v) is 9.75. The van der Waals surface area contributed by atoms with Crippen LogP contribution in [-0.4, -0.2) is 19.6 Å². The Balaban J connectivity index is 2.25. The number of carbonyl (C=O) groups excluding carboxylic acids is 1. The van der Waals surface area contributed by atoms with Crippen LogP contribution in [0.5, 0.6) is 0 Å². The fourth-order valence-electron chi connectivity index (χ4n) is 2.26. The second-order valence-electron chi connectivity index (χ2n) is 4.21. The van der Waals surface area contributed by atoms with Crippen molar-refractivity contribution in [1.82, 2.24) is 5.32 Å². The molecule has 1 heterocycles. The molecule has 3 nitrogen and oxygen atoms in total. The SMILES string of the molecule is COC(=O)c1ccc([C@@H]2CCCN2)c(C)c1. The van der Waals surface area contributed by atoms with Crippen LogP contribution in [0, 0.1) is 6.92 Å². The fraction of sp³-hybridized carbons (Fsp3) is 0.462. The molecule has 1 fully saturated rings. The number of benzene rings is 1. The van der Waals surface area contributed by atoms with E-state index in [9.17, 15) is 4.79 Å². The summed E-state index contributed by atoms with van der Waals surface area (Å²) in [5, 5.41) is 3.46. The van der Waals surface area contributed by atoms with E-state index in [4.69, 9.17) is 4.74 Å². The lowest BCUT2D eigenvalue weighted by molar-refractivity contribution is 0.0600. The van der Waals surface area contributed by atoms with Gasteiger partial charge in [-0.3, -0.25) is 0 Å². The Morgan fingerprint density at radius 2 is 2.31 bits per heavy atom. The highest BCUT2D eigenvalue weighted by molar-refractivity contribution is 5.89. The Morgan fingerprint density at radius 1 is 1.50 bits per heavy atom. The molecule has 0 aliphatic carbocycles. The van der Waals surface area contributed by atoms with Crippen molar-refractivity contribution in [3.8, 4) is 0 Å². The normalized spacial score (nSPS) is 19.8. The predicted molar refractivity (Wildman–Crippen MR) is 62.5 cm³/mol. The van der Waals surface area contributed by atoms with Crippen molar-refractivity contribution >= 4 is 5.97 Å². The maximum absolute atomic E-state index is 11.4. The van der Waals surface area contributed by atoms with Gasteiger partial charge in [-0.1, -0.05) is 6.07 Å². The Bertz CT molecular complexity index is 395. The van der Waals surface area contributed by atoms with Crippen molar-refractivity contribution in [1.29, 1.82) is 0 Å². The molecule has 1 aliphatic heterocycles. The van der Waals surface area contributed by atoms with Gasteiger partial charge in [-0.05, 0) is 49.6 Å². The third kappa shape index (κ3) is 2.09. The van der Waals surface area contributed by atoms with Gasteiger partial charge in [0.05, 0.1) is 12.7 Å². The standard InChI is InChI=1S/C13H17NO2/c1-9-8-10(13(15)16-2)5-6-11(9)12-4-3-7-14-12/h5-6,8,12,14H,3-4,7H2,1-2H3/t12-/m0/s1. The first kappa shape index (κ1) is 11.1. The van der Waals surface area contributed by atoms with E-state index in [1.54, 1.807) is 0 Å². The van der Waals surface area contributed by atoms with E-state index < -0.39 is 0 Å². The smallest absolute Gasteiger partial charge is 0.337 e. The molecule has 0 spiro atoms. The van der Waals surface area contributed by atoms with E-state index in [0.717, 1.165) is 12.1 Å². The molecule has 0 amide bonds. The first-order chi connectivity index (χ1) is 7.72. The molecular formula is C13H17NO2. The summed E-state index contributed by atoms with van der Waals surface area (Å²) in [5.41, 5.74) is 3.08. The molecule has 1 aromatic rings. The molecule has 2 rings (SSSR count). The number of rotatable bonds is 2. The molecule has 1 saturated heterocycles. The monoisotopic (exact) mass is 219 g/mol. The van der Waals surface area contributed by atoms with Crippen LogP contribution in [0.15, 0.2) is 18.2 Å². The van der Waals surface area contributed by atoms with E-state index in [2.05, 4.69) is 5.32 Å². The molecule has 3 heteroatoms. The molecule has 0 aromatic heterocycles. The highest BCUT2D eigenvalue weighted by Crippen LogP contribution is 2.26. The number of esters is 1. The number of hydrogen-bond acceptors (Lipinski definition) is 3. The molecule has 16 heavy (non-hydrogen) atoms. The van der Waals surface area contributed by atoms with Crippen LogP contribution in [0.2, 0.25) is 0 Å². The van der Waals surface area contributed by atoms with Crippen molar-refractivity contribution in [2.75, 3.05) is 13.7 Å². The number of hydrogen-bond donors (Lipinski definition) is 1. The maximum atomic E-state index is 11.4. The van der Waals surface area contributed by atoms with Gasteiger partial charge >= 0.3 is 5.97 Å².